The smallest absolute Gasteiger partial charge is 0.256 e. The van der Waals surface area contributed by atoms with Crippen LogP contribution in [0.25, 0.3) is 0 Å². The molecule has 2 aromatic rings. The summed E-state index contributed by atoms with van der Waals surface area (Å²) in [4.78, 5) is 23.7. The van der Waals surface area contributed by atoms with Gasteiger partial charge in [-0.05, 0) is 31.0 Å². The number of carbonyl (C=O) groups is 2. The average Bonchev–Trinajstić information content (AvgIpc) is 3.27. The van der Waals surface area contributed by atoms with E-state index in [0.717, 1.165) is 6.07 Å². The molecular formula is C17H18N2O7S2. The molecule has 28 heavy (non-hydrogen) atoms. The zero-order chi connectivity index (χ0) is 20.7. The maximum absolute atomic E-state index is 13.1. The number of carbonyl (C=O) groups excluding carboxylic acids is 2. The number of sulfone groups is 1. The highest BCUT2D eigenvalue weighted by Crippen LogP contribution is 2.41. The highest BCUT2D eigenvalue weighted by Gasteiger charge is 2.48. The molecule has 1 aliphatic rings. The van der Waals surface area contributed by atoms with E-state index >= 15 is 0 Å². The number of hydrogen-bond donors (Lipinski definition) is 3. The lowest BCUT2D eigenvalue weighted by atomic mass is 10.3. The molecule has 1 heterocycles. The third-order valence-corrected chi connectivity index (χ3v) is 7.57. The fourth-order valence-electron chi connectivity index (χ4n) is 2.44. The Morgan fingerprint density at radius 3 is 2.43 bits per heavy atom. The number of ether oxygens (including phenoxy) is 2. The standard InChI is InChI=1S/C17H18N2O7S2/c1-25-9-3-4-11(26-2)12(7-9)28(23,24)13-8-10(14(18)20)15(27-13)19-16(21)17(22)5-6-17/h3-4,7-8,22H,5-6H2,1-2H3,(H2,18,20)(H,19,21). The minimum atomic E-state index is -4.11. The molecule has 0 spiro atoms. The molecule has 2 amide bonds. The van der Waals surface area contributed by atoms with Crippen LogP contribution in [0.5, 0.6) is 11.5 Å². The number of primary amides is 1. The summed E-state index contributed by atoms with van der Waals surface area (Å²) in [5.41, 5.74) is 3.67. The number of thiophene rings is 1. The van der Waals surface area contributed by atoms with Crippen LogP contribution in [0.3, 0.4) is 0 Å². The van der Waals surface area contributed by atoms with E-state index in [-0.39, 0.29) is 25.4 Å². The molecule has 1 aliphatic carbocycles. The number of rotatable bonds is 7. The van der Waals surface area contributed by atoms with Crippen LogP contribution in [0.1, 0.15) is 23.2 Å². The van der Waals surface area contributed by atoms with E-state index in [0.29, 0.717) is 29.9 Å². The Labute approximate surface area is 165 Å². The van der Waals surface area contributed by atoms with E-state index in [1.807, 2.05) is 0 Å². The number of amides is 2. The summed E-state index contributed by atoms with van der Waals surface area (Å²) in [6.45, 7) is 0. The largest absolute Gasteiger partial charge is 0.497 e. The van der Waals surface area contributed by atoms with E-state index in [1.54, 1.807) is 6.07 Å². The first kappa shape index (κ1) is 20.1. The number of nitrogens with one attached hydrogen (secondary N) is 1. The van der Waals surface area contributed by atoms with E-state index in [1.165, 1.54) is 26.4 Å². The molecule has 0 bridgehead atoms. The van der Waals surface area contributed by atoms with E-state index in [4.69, 9.17) is 15.2 Å². The van der Waals surface area contributed by atoms with Crippen molar-refractivity contribution in [2.45, 2.75) is 27.5 Å². The van der Waals surface area contributed by atoms with Crippen LogP contribution < -0.4 is 20.5 Å². The third kappa shape index (κ3) is 3.55. The van der Waals surface area contributed by atoms with Crippen LogP contribution in [-0.2, 0) is 14.6 Å². The minimum absolute atomic E-state index is 0.0433. The van der Waals surface area contributed by atoms with Gasteiger partial charge in [0.1, 0.15) is 31.2 Å². The lowest BCUT2D eigenvalue weighted by Crippen LogP contribution is -2.29. The Kier molecular flexibility index (Phi) is 5.08. The second kappa shape index (κ2) is 7.08. The molecule has 1 aromatic heterocycles. The van der Waals surface area contributed by atoms with Crippen LogP contribution in [0.2, 0.25) is 0 Å². The van der Waals surface area contributed by atoms with Crippen molar-refractivity contribution in [3.63, 3.8) is 0 Å². The van der Waals surface area contributed by atoms with Gasteiger partial charge < -0.3 is 25.6 Å². The Morgan fingerprint density at radius 1 is 1.21 bits per heavy atom. The van der Waals surface area contributed by atoms with Crippen LogP contribution in [0.15, 0.2) is 33.4 Å². The molecule has 1 saturated carbocycles. The summed E-state index contributed by atoms with van der Waals surface area (Å²) < 4.78 is 36.2. The maximum Gasteiger partial charge on any atom is 0.256 e. The summed E-state index contributed by atoms with van der Waals surface area (Å²) in [7, 11) is -1.39. The molecule has 4 N–H and O–H groups in total. The topological polar surface area (TPSA) is 145 Å². The molecule has 0 aliphatic heterocycles. The molecule has 0 atom stereocenters. The van der Waals surface area contributed by atoms with Gasteiger partial charge in [0.2, 0.25) is 9.84 Å². The number of methoxy groups -OCH3 is 2. The Bertz CT molecular complexity index is 1060. The fraction of sp³-hybridized carbons (Fsp3) is 0.294. The van der Waals surface area contributed by atoms with Gasteiger partial charge in [0.05, 0.1) is 19.8 Å². The van der Waals surface area contributed by atoms with Crippen molar-refractivity contribution < 1.29 is 32.6 Å². The molecule has 3 rings (SSSR count). The van der Waals surface area contributed by atoms with Crippen molar-refractivity contribution in [1.82, 2.24) is 0 Å². The van der Waals surface area contributed by atoms with Crippen LogP contribution in [0, 0.1) is 0 Å². The zero-order valence-electron chi connectivity index (χ0n) is 15.0. The Morgan fingerprint density at radius 2 is 1.89 bits per heavy atom. The second-order valence-electron chi connectivity index (χ2n) is 6.18. The van der Waals surface area contributed by atoms with Crippen LogP contribution in [0.4, 0.5) is 5.00 Å². The first-order valence-electron chi connectivity index (χ1n) is 8.07. The quantitative estimate of drug-likeness (QED) is 0.602. The number of nitrogens with two attached hydrogens (primary N) is 1. The van der Waals surface area contributed by atoms with E-state index < -0.39 is 27.3 Å². The summed E-state index contributed by atoms with van der Waals surface area (Å²) in [6, 6.07) is 5.37. The number of anilines is 1. The predicted molar refractivity (Wildman–Crippen MR) is 101 cm³/mol. The molecular weight excluding hydrogens is 408 g/mol. The number of aliphatic hydroxyl groups is 1. The molecule has 0 saturated heterocycles. The van der Waals surface area contributed by atoms with Gasteiger partial charge in [0.25, 0.3) is 11.8 Å². The van der Waals surface area contributed by atoms with E-state index in [9.17, 15) is 23.1 Å². The highest BCUT2D eigenvalue weighted by atomic mass is 32.2. The van der Waals surface area contributed by atoms with Gasteiger partial charge in [0, 0.05) is 6.07 Å². The second-order valence-corrected chi connectivity index (χ2v) is 9.38. The zero-order valence-corrected chi connectivity index (χ0v) is 16.6. The Balaban J connectivity index is 2.07. The van der Waals surface area contributed by atoms with Crippen molar-refractivity contribution in [2.24, 2.45) is 5.73 Å². The predicted octanol–water partition coefficient (Wildman–Crippen LogP) is 1.16. The number of hydrogen-bond acceptors (Lipinski definition) is 8. The molecule has 150 valence electrons. The first-order valence-corrected chi connectivity index (χ1v) is 10.4. The summed E-state index contributed by atoms with van der Waals surface area (Å²) in [5.74, 6) is -1.23. The Hall–Kier alpha value is -2.63. The summed E-state index contributed by atoms with van der Waals surface area (Å²) in [6.07, 6.45) is 0.588. The summed E-state index contributed by atoms with van der Waals surface area (Å²) in [5, 5.41) is 12.2. The monoisotopic (exact) mass is 426 g/mol. The van der Waals surface area contributed by atoms with Gasteiger partial charge in [-0.3, -0.25) is 9.59 Å². The first-order chi connectivity index (χ1) is 13.1. The lowest BCUT2D eigenvalue weighted by Gasteiger charge is -2.10. The molecule has 0 radical (unpaired) electrons. The molecule has 1 fully saturated rings. The normalized spacial score (nSPS) is 15.0. The highest BCUT2D eigenvalue weighted by molar-refractivity contribution is 7.93. The van der Waals surface area contributed by atoms with Gasteiger partial charge in [-0.15, -0.1) is 11.3 Å². The van der Waals surface area contributed by atoms with Gasteiger partial charge in [0.15, 0.2) is 0 Å². The van der Waals surface area contributed by atoms with Crippen molar-refractivity contribution in [3.05, 3.63) is 29.8 Å². The maximum atomic E-state index is 13.1. The van der Waals surface area contributed by atoms with E-state index in [2.05, 4.69) is 5.32 Å². The van der Waals surface area contributed by atoms with Gasteiger partial charge >= 0.3 is 0 Å². The van der Waals surface area contributed by atoms with Gasteiger partial charge in [-0.25, -0.2) is 8.42 Å². The average molecular weight is 426 g/mol. The van der Waals surface area contributed by atoms with Crippen LogP contribution >= 0.6 is 11.3 Å². The van der Waals surface area contributed by atoms with Gasteiger partial charge in [-0.2, -0.15) is 0 Å². The van der Waals surface area contributed by atoms with Gasteiger partial charge in [-0.1, -0.05) is 0 Å². The fourth-order valence-corrected chi connectivity index (χ4v) is 5.37. The third-order valence-electron chi connectivity index (χ3n) is 4.27. The van der Waals surface area contributed by atoms with Crippen molar-refractivity contribution >= 4 is 38.0 Å². The van der Waals surface area contributed by atoms with Crippen molar-refractivity contribution in [3.8, 4) is 11.5 Å². The lowest BCUT2D eigenvalue weighted by molar-refractivity contribution is -0.125. The number of benzene rings is 1. The molecule has 9 nitrogen and oxygen atoms in total. The SMILES string of the molecule is COc1ccc(OC)c(S(=O)(=O)c2cc(C(N)=O)c(NC(=O)C3(O)CC3)s2)c1. The molecule has 0 unspecified atom stereocenters. The van der Waals surface area contributed by atoms with Crippen molar-refractivity contribution in [1.29, 1.82) is 0 Å². The molecule has 1 aromatic carbocycles. The summed E-state index contributed by atoms with van der Waals surface area (Å²) >= 11 is 0.666. The van der Waals surface area contributed by atoms with Crippen LogP contribution in [-0.4, -0.2) is 45.2 Å². The van der Waals surface area contributed by atoms with Crippen molar-refractivity contribution in [2.75, 3.05) is 19.5 Å². The minimum Gasteiger partial charge on any atom is -0.497 e. The molecule has 11 heteroatoms.